The van der Waals surface area contributed by atoms with Gasteiger partial charge in [0.15, 0.2) is 17.3 Å². The number of carbonyl (C=O) groups is 2. The number of aromatic nitrogens is 4. The van der Waals surface area contributed by atoms with Crippen molar-refractivity contribution in [3.63, 3.8) is 0 Å². The fraction of sp³-hybridized carbons (Fsp3) is 0.483. The van der Waals surface area contributed by atoms with Crippen molar-refractivity contribution >= 4 is 40.2 Å². The number of hydrogen-bond donors (Lipinski definition) is 2. The SMILES string of the molecule is COc1cccc(NC(=O)C2CCC(n3cnc4c(N)nc(C5=CCN(C(=O)OC(C)(C)C)CC5)nc43)CC2)c1. The first-order valence-corrected chi connectivity index (χ1v) is 13.7. The zero-order chi connectivity index (χ0) is 28.4. The van der Waals surface area contributed by atoms with Crippen LogP contribution < -0.4 is 15.8 Å². The molecule has 1 aromatic carbocycles. The highest BCUT2D eigenvalue weighted by atomic mass is 16.6. The fourth-order valence-electron chi connectivity index (χ4n) is 5.28. The van der Waals surface area contributed by atoms with Gasteiger partial charge in [0.2, 0.25) is 5.91 Å². The van der Waals surface area contributed by atoms with Gasteiger partial charge in [-0.1, -0.05) is 12.1 Å². The Kier molecular flexibility index (Phi) is 7.64. The van der Waals surface area contributed by atoms with Crippen LogP contribution in [0, 0.1) is 5.92 Å². The minimum atomic E-state index is -0.541. The molecule has 1 fully saturated rings. The maximum Gasteiger partial charge on any atom is 0.410 e. The highest BCUT2D eigenvalue weighted by Gasteiger charge is 2.29. The zero-order valence-corrected chi connectivity index (χ0v) is 23.5. The van der Waals surface area contributed by atoms with Gasteiger partial charge in [-0.3, -0.25) is 4.79 Å². The molecule has 3 heterocycles. The number of ether oxygens (including phenoxy) is 2. The molecule has 1 aliphatic carbocycles. The number of nitrogen functional groups attached to an aromatic ring is 1. The molecule has 0 atom stereocenters. The van der Waals surface area contributed by atoms with Gasteiger partial charge in [0, 0.05) is 36.8 Å². The number of imidazole rings is 1. The summed E-state index contributed by atoms with van der Waals surface area (Å²) in [7, 11) is 1.61. The Balaban J connectivity index is 1.26. The van der Waals surface area contributed by atoms with Crippen molar-refractivity contribution in [2.75, 3.05) is 31.2 Å². The number of rotatable bonds is 5. The molecular weight excluding hydrogens is 510 g/mol. The van der Waals surface area contributed by atoms with E-state index in [-0.39, 0.29) is 24.0 Å². The van der Waals surface area contributed by atoms with E-state index in [1.807, 2.05) is 51.1 Å². The summed E-state index contributed by atoms with van der Waals surface area (Å²) in [6.07, 6.45) is 7.19. The Morgan fingerprint density at radius 2 is 1.90 bits per heavy atom. The Labute approximate surface area is 233 Å². The molecule has 2 aliphatic rings. The predicted octanol–water partition coefficient (Wildman–Crippen LogP) is 4.81. The van der Waals surface area contributed by atoms with Crippen LogP contribution in [0.2, 0.25) is 0 Å². The summed E-state index contributed by atoms with van der Waals surface area (Å²) in [6.45, 7) is 6.51. The summed E-state index contributed by atoms with van der Waals surface area (Å²) in [6, 6.07) is 7.55. The molecule has 3 aromatic rings. The molecule has 0 spiro atoms. The van der Waals surface area contributed by atoms with Crippen molar-refractivity contribution in [1.29, 1.82) is 0 Å². The molecule has 3 N–H and O–H groups in total. The van der Waals surface area contributed by atoms with Crippen LogP contribution in [0.5, 0.6) is 5.75 Å². The lowest BCUT2D eigenvalue weighted by atomic mass is 9.85. The summed E-state index contributed by atoms with van der Waals surface area (Å²) < 4.78 is 12.8. The Hall–Kier alpha value is -4.15. The zero-order valence-electron chi connectivity index (χ0n) is 23.5. The van der Waals surface area contributed by atoms with Gasteiger partial charge >= 0.3 is 6.09 Å². The monoisotopic (exact) mass is 547 g/mol. The maximum atomic E-state index is 12.9. The molecule has 1 saturated carbocycles. The van der Waals surface area contributed by atoms with E-state index >= 15 is 0 Å². The number of fused-ring (bicyclic) bond motifs is 1. The van der Waals surface area contributed by atoms with Gasteiger partial charge in [-0.2, -0.15) is 0 Å². The van der Waals surface area contributed by atoms with E-state index in [0.29, 0.717) is 48.1 Å². The second-order valence-corrected chi connectivity index (χ2v) is 11.4. The third-order valence-corrected chi connectivity index (χ3v) is 7.39. The number of nitrogens with zero attached hydrogens (tertiary/aromatic N) is 5. The van der Waals surface area contributed by atoms with Crippen LogP contribution in [0.4, 0.5) is 16.3 Å². The summed E-state index contributed by atoms with van der Waals surface area (Å²) in [5.74, 6) is 1.56. The van der Waals surface area contributed by atoms with E-state index in [9.17, 15) is 9.59 Å². The highest BCUT2D eigenvalue weighted by Crippen LogP contribution is 2.35. The number of amides is 2. The smallest absolute Gasteiger partial charge is 0.410 e. The summed E-state index contributed by atoms with van der Waals surface area (Å²) >= 11 is 0. The van der Waals surface area contributed by atoms with E-state index < -0.39 is 5.60 Å². The third-order valence-electron chi connectivity index (χ3n) is 7.39. The van der Waals surface area contributed by atoms with E-state index in [0.717, 1.165) is 36.9 Å². The molecule has 1 aliphatic heterocycles. The highest BCUT2D eigenvalue weighted by molar-refractivity contribution is 5.92. The van der Waals surface area contributed by atoms with Crippen molar-refractivity contribution in [1.82, 2.24) is 24.4 Å². The second-order valence-electron chi connectivity index (χ2n) is 11.4. The van der Waals surface area contributed by atoms with Crippen LogP contribution in [0.15, 0.2) is 36.7 Å². The number of benzene rings is 1. The molecule has 11 heteroatoms. The molecule has 0 saturated heterocycles. The lowest BCUT2D eigenvalue weighted by Crippen LogP contribution is -2.39. The minimum absolute atomic E-state index is 0.0284. The first-order valence-electron chi connectivity index (χ1n) is 13.7. The number of methoxy groups -OCH3 is 1. The summed E-state index contributed by atoms with van der Waals surface area (Å²) in [5.41, 5.74) is 8.72. The Bertz CT molecular complexity index is 1430. The largest absolute Gasteiger partial charge is 0.497 e. The molecule has 5 rings (SSSR count). The summed E-state index contributed by atoms with van der Waals surface area (Å²) in [4.78, 5) is 40.9. The lowest BCUT2D eigenvalue weighted by Gasteiger charge is -2.29. The van der Waals surface area contributed by atoms with Crippen LogP contribution in [-0.4, -0.2) is 62.2 Å². The number of anilines is 2. The molecule has 2 amide bonds. The van der Waals surface area contributed by atoms with Gasteiger partial charge < -0.3 is 30.0 Å². The van der Waals surface area contributed by atoms with E-state index in [4.69, 9.17) is 20.2 Å². The fourth-order valence-corrected chi connectivity index (χ4v) is 5.28. The molecule has 40 heavy (non-hydrogen) atoms. The predicted molar refractivity (Wildman–Crippen MR) is 153 cm³/mol. The minimum Gasteiger partial charge on any atom is -0.497 e. The third kappa shape index (κ3) is 6.03. The summed E-state index contributed by atoms with van der Waals surface area (Å²) in [5, 5.41) is 3.02. The molecular formula is C29H37N7O4. The number of carbonyl (C=O) groups excluding carboxylic acids is 2. The first-order chi connectivity index (χ1) is 19.1. The van der Waals surface area contributed by atoms with Crippen molar-refractivity contribution in [2.24, 2.45) is 5.92 Å². The molecule has 212 valence electrons. The average Bonchev–Trinajstić information content (AvgIpc) is 3.37. The average molecular weight is 548 g/mol. The topological polar surface area (TPSA) is 137 Å². The Morgan fingerprint density at radius 3 is 2.58 bits per heavy atom. The quantitative estimate of drug-likeness (QED) is 0.464. The standard InChI is InChI=1S/C29H37N7O4/c1-29(2,3)40-28(38)35-14-12-18(13-15-35)25-33-24(30)23-26(34-25)36(17-31-23)21-10-8-19(9-11-21)27(37)32-20-6-5-7-22(16-20)39-4/h5-7,12,16-17,19,21H,8-11,13-15H2,1-4H3,(H,32,37)(H2,30,33,34). The lowest BCUT2D eigenvalue weighted by molar-refractivity contribution is -0.121. The number of nitrogens with two attached hydrogens (primary N) is 1. The van der Waals surface area contributed by atoms with Crippen molar-refractivity contribution in [3.8, 4) is 5.75 Å². The van der Waals surface area contributed by atoms with Crippen molar-refractivity contribution < 1.29 is 19.1 Å². The number of hydrogen-bond acceptors (Lipinski definition) is 8. The van der Waals surface area contributed by atoms with Gasteiger partial charge in [0.05, 0.1) is 13.4 Å². The van der Waals surface area contributed by atoms with Crippen molar-refractivity contribution in [3.05, 3.63) is 42.5 Å². The maximum absolute atomic E-state index is 12.9. The van der Waals surface area contributed by atoms with E-state index in [1.54, 1.807) is 18.3 Å². The van der Waals surface area contributed by atoms with Crippen LogP contribution >= 0.6 is 0 Å². The van der Waals surface area contributed by atoms with Gasteiger partial charge in [-0.25, -0.2) is 19.7 Å². The molecule has 0 radical (unpaired) electrons. The van der Waals surface area contributed by atoms with E-state index in [2.05, 4.69) is 19.9 Å². The number of nitrogens with one attached hydrogen (secondary N) is 1. The molecule has 11 nitrogen and oxygen atoms in total. The Morgan fingerprint density at radius 1 is 1.12 bits per heavy atom. The molecule has 0 bridgehead atoms. The molecule has 0 unspecified atom stereocenters. The van der Waals surface area contributed by atoms with Crippen molar-refractivity contribution in [2.45, 2.75) is 64.5 Å². The second kappa shape index (κ2) is 11.1. The first kappa shape index (κ1) is 27.4. The normalized spacial score (nSPS) is 19.7. The van der Waals surface area contributed by atoms with Crippen LogP contribution in [-0.2, 0) is 9.53 Å². The van der Waals surface area contributed by atoms with E-state index in [1.165, 1.54) is 0 Å². The van der Waals surface area contributed by atoms with Gasteiger partial charge in [-0.15, -0.1) is 0 Å². The van der Waals surface area contributed by atoms with Gasteiger partial charge in [0.25, 0.3) is 0 Å². The van der Waals surface area contributed by atoms with Gasteiger partial charge in [0.1, 0.15) is 16.9 Å². The van der Waals surface area contributed by atoms with Gasteiger partial charge in [-0.05, 0) is 70.6 Å². The van der Waals surface area contributed by atoms with Crippen LogP contribution in [0.25, 0.3) is 16.7 Å². The molecule has 2 aromatic heterocycles. The van der Waals surface area contributed by atoms with Crippen LogP contribution in [0.1, 0.15) is 64.7 Å². The van der Waals surface area contributed by atoms with Crippen LogP contribution in [0.3, 0.4) is 0 Å².